The Balaban J connectivity index is 1.79. The highest BCUT2D eigenvalue weighted by Crippen LogP contribution is 2.25. The van der Waals surface area contributed by atoms with Crippen molar-refractivity contribution < 1.29 is 18.6 Å². The number of morpholine rings is 1. The summed E-state index contributed by atoms with van der Waals surface area (Å²) in [5, 5.41) is 9.08. The molecule has 2 aromatic rings. The van der Waals surface area contributed by atoms with Crippen LogP contribution in [0.1, 0.15) is 11.1 Å². The summed E-state index contributed by atoms with van der Waals surface area (Å²) in [6.07, 6.45) is 1.70. The molecular weight excluding hydrogens is 302 g/mol. The third-order valence-corrected chi connectivity index (χ3v) is 3.95. The summed E-state index contributed by atoms with van der Waals surface area (Å²) in [5.41, 5.74) is 1.30. The van der Waals surface area contributed by atoms with E-state index in [2.05, 4.69) is 9.88 Å². The molecule has 1 aromatic carbocycles. The highest BCUT2D eigenvalue weighted by molar-refractivity contribution is 5.61. The molecule has 0 spiro atoms. The van der Waals surface area contributed by atoms with E-state index < -0.39 is 18.2 Å². The number of rotatable bonds is 4. The van der Waals surface area contributed by atoms with Gasteiger partial charge in [0.25, 0.3) is 0 Å². The molecule has 0 saturated carbocycles. The Hall–Kier alpha value is -1.89. The molecule has 0 aliphatic carbocycles. The number of halogens is 2. The average Bonchev–Trinajstić information content (AvgIpc) is 2.57. The minimum absolute atomic E-state index is 0.188. The Morgan fingerprint density at radius 2 is 1.91 bits per heavy atom. The van der Waals surface area contributed by atoms with Crippen LogP contribution in [0.5, 0.6) is 0 Å². The highest BCUT2D eigenvalue weighted by atomic mass is 19.1. The maximum Gasteiger partial charge on any atom is 0.141 e. The molecule has 1 aromatic heterocycles. The number of nitrogens with zero attached hydrogens (tertiary/aromatic N) is 2. The van der Waals surface area contributed by atoms with Crippen LogP contribution >= 0.6 is 0 Å². The lowest BCUT2D eigenvalue weighted by molar-refractivity contribution is 0.0341. The van der Waals surface area contributed by atoms with E-state index in [0.717, 1.165) is 44.5 Å². The number of hydrogen-bond donors (Lipinski definition) is 1. The van der Waals surface area contributed by atoms with Gasteiger partial charge in [0.05, 0.1) is 25.5 Å². The number of ether oxygens (including phenoxy) is 1. The Morgan fingerprint density at radius 3 is 2.57 bits per heavy atom. The molecule has 0 radical (unpaired) electrons. The van der Waals surface area contributed by atoms with Crippen molar-refractivity contribution in [1.29, 1.82) is 0 Å². The van der Waals surface area contributed by atoms with E-state index in [1.807, 2.05) is 6.07 Å². The lowest BCUT2D eigenvalue weighted by atomic mass is 10.1. The number of aliphatic hydroxyl groups excluding tert-OH is 1. The zero-order valence-corrected chi connectivity index (χ0v) is 12.6. The van der Waals surface area contributed by atoms with Crippen molar-refractivity contribution >= 4 is 0 Å². The minimum atomic E-state index is -0.763. The summed E-state index contributed by atoms with van der Waals surface area (Å²) in [6.45, 7) is 3.32. The second-order valence-electron chi connectivity index (χ2n) is 5.49. The van der Waals surface area contributed by atoms with Gasteiger partial charge in [0.15, 0.2) is 0 Å². The molecule has 1 saturated heterocycles. The lowest BCUT2D eigenvalue weighted by Gasteiger charge is -2.26. The second kappa shape index (κ2) is 7.12. The van der Waals surface area contributed by atoms with Gasteiger partial charge < -0.3 is 9.84 Å². The zero-order valence-electron chi connectivity index (χ0n) is 12.6. The number of pyridine rings is 1. The molecule has 0 bridgehead atoms. The molecule has 1 fully saturated rings. The Morgan fingerprint density at radius 1 is 1.13 bits per heavy atom. The van der Waals surface area contributed by atoms with Gasteiger partial charge in [-0.15, -0.1) is 0 Å². The van der Waals surface area contributed by atoms with Gasteiger partial charge in [-0.2, -0.15) is 0 Å². The lowest BCUT2D eigenvalue weighted by Crippen LogP contribution is -2.35. The fourth-order valence-electron chi connectivity index (χ4n) is 2.64. The Bertz CT molecular complexity index is 671. The fourth-order valence-corrected chi connectivity index (χ4v) is 2.64. The van der Waals surface area contributed by atoms with Gasteiger partial charge in [0.1, 0.15) is 11.6 Å². The van der Waals surface area contributed by atoms with Crippen LogP contribution in [0.15, 0.2) is 30.5 Å². The van der Waals surface area contributed by atoms with Crippen LogP contribution in [0.25, 0.3) is 11.3 Å². The third kappa shape index (κ3) is 3.55. The number of aliphatic hydroxyl groups is 1. The topological polar surface area (TPSA) is 45.6 Å². The first-order valence-electron chi connectivity index (χ1n) is 7.52. The minimum Gasteiger partial charge on any atom is -0.391 e. The SMILES string of the molecule is OCc1c(F)ccc(-c2ccc(CN3CCOCC3)cn2)c1F. The van der Waals surface area contributed by atoms with Crippen molar-refractivity contribution in [3.63, 3.8) is 0 Å². The van der Waals surface area contributed by atoms with Crippen LogP contribution in [0.4, 0.5) is 8.78 Å². The molecule has 3 rings (SSSR count). The number of hydrogen-bond acceptors (Lipinski definition) is 4. The fraction of sp³-hybridized carbons (Fsp3) is 0.353. The predicted molar refractivity (Wildman–Crippen MR) is 81.6 cm³/mol. The van der Waals surface area contributed by atoms with Crippen LogP contribution < -0.4 is 0 Å². The molecule has 1 N–H and O–H groups in total. The van der Waals surface area contributed by atoms with Crippen LogP contribution in [0.2, 0.25) is 0 Å². The Kier molecular flexibility index (Phi) is 4.95. The normalized spacial score (nSPS) is 15.8. The molecule has 0 atom stereocenters. The van der Waals surface area contributed by atoms with Crippen LogP contribution in [0, 0.1) is 11.6 Å². The summed E-state index contributed by atoms with van der Waals surface area (Å²) in [5.74, 6) is -1.52. The summed E-state index contributed by atoms with van der Waals surface area (Å²) in [7, 11) is 0. The van der Waals surface area contributed by atoms with Gasteiger partial charge in [-0.1, -0.05) is 6.07 Å². The first-order chi connectivity index (χ1) is 11.2. The van der Waals surface area contributed by atoms with Crippen molar-refractivity contribution in [2.75, 3.05) is 26.3 Å². The van der Waals surface area contributed by atoms with Crippen LogP contribution in [0.3, 0.4) is 0 Å². The maximum absolute atomic E-state index is 14.2. The molecule has 6 heteroatoms. The summed E-state index contributed by atoms with van der Waals surface area (Å²) in [6, 6.07) is 6.09. The molecule has 1 aliphatic heterocycles. The first-order valence-corrected chi connectivity index (χ1v) is 7.52. The van der Waals surface area contributed by atoms with Crippen LogP contribution in [-0.2, 0) is 17.9 Å². The highest BCUT2D eigenvalue weighted by Gasteiger charge is 2.15. The summed E-state index contributed by atoms with van der Waals surface area (Å²) >= 11 is 0. The van der Waals surface area contributed by atoms with Gasteiger partial charge in [-0.25, -0.2) is 8.78 Å². The third-order valence-electron chi connectivity index (χ3n) is 3.95. The summed E-state index contributed by atoms with van der Waals surface area (Å²) < 4.78 is 33.0. The first kappa shape index (κ1) is 16.0. The number of aromatic nitrogens is 1. The predicted octanol–water partition coefficient (Wildman–Crippen LogP) is 2.35. The van der Waals surface area contributed by atoms with Crippen molar-refractivity contribution in [2.45, 2.75) is 13.2 Å². The van der Waals surface area contributed by atoms with Gasteiger partial charge in [0, 0.05) is 37.0 Å². The molecule has 0 amide bonds. The largest absolute Gasteiger partial charge is 0.391 e. The molecule has 23 heavy (non-hydrogen) atoms. The smallest absolute Gasteiger partial charge is 0.141 e. The maximum atomic E-state index is 14.2. The standard InChI is InChI=1S/C17H18F2N2O2/c18-15-3-2-13(17(19)14(15)11-22)16-4-1-12(9-20-16)10-21-5-7-23-8-6-21/h1-4,9,22H,5-8,10-11H2. The van der Waals surface area contributed by atoms with E-state index in [0.29, 0.717) is 5.69 Å². The van der Waals surface area contributed by atoms with Crippen molar-refractivity contribution in [3.05, 3.63) is 53.2 Å². The van der Waals surface area contributed by atoms with E-state index >= 15 is 0 Å². The van der Waals surface area contributed by atoms with Gasteiger partial charge in [0.2, 0.25) is 0 Å². The van der Waals surface area contributed by atoms with Crippen molar-refractivity contribution in [2.24, 2.45) is 0 Å². The average molecular weight is 320 g/mol. The van der Waals surface area contributed by atoms with Gasteiger partial charge >= 0.3 is 0 Å². The molecular formula is C17H18F2N2O2. The molecule has 1 aliphatic rings. The van der Waals surface area contributed by atoms with E-state index in [-0.39, 0.29) is 11.1 Å². The molecule has 2 heterocycles. The van der Waals surface area contributed by atoms with Gasteiger partial charge in [-0.3, -0.25) is 9.88 Å². The van der Waals surface area contributed by atoms with Crippen LogP contribution in [-0.4, -0.2) is 41.3 Å². The van der Waals surface area contributed by atoms with E-state index in [4.69, 9.17) is 9.84 Å². The molecule has 122 valence electrons. The van der Waals surface area contributed by atoms with Crippen molar-refractivity contribution in [1.82, 2.24) is 9.88 Å². The molecule has 4 nitrogen and oxygen atoms in total. The molecule has 0 unspecified atom stereocenters. The van der Waals surface area contributed by atoms with Crippen molar-refractivity contribution in [3.8, 4) is 11.3 Å². The monoisotopic (exact) mass is 320 g/mol. The van der Waals surface area contributed by atoms with E-state index in [1.54, 1.807) is 12.3 Å². The quantitative estimate of drug-likeness (QED) is 0.939. The second-order valence-corrected chi connectivity index (χ2v) is 5.49. The Labute approximate surface area is 133 Å². The van der Waals surface area contributed by atoms with E-state index in [9.17, 15) is 8.78 Å². The summed E-state index contributed by atoms with van der Waals surface area (Å²) in [4.78, 5) is 6.54. The number of benzene rings is 1. The van der Waals surface area contributed by atoms with Gasteiger partial charge in [-0.05, 0) is 23.8 Å². The zero-order chi connectivity index (χ0) is 16.2. The van der Waals surface area contributed by atoms with E-state index in [1.165, 1.54) is 6.07 Å².